The van der Waals surface area contributed by atoms with E-state index in [4.69, 9.17) is 4.74 Å². The largest absolute Gasteiger partial charge is 0.507 e. The highest BCUT2D eigenvalue weighted by Crippen LogP contribution is 2.26. The van der Waals surface area contributed by atoms with Crippen molar-refractivity contribution in [3.8, 4) is 5.75 Å². The van der Waals surface area contributed by atoms with Crippen LogP contribution in [0, 0.1) is 0 Å². The molecule has 0 aromatic heterocycles. The summed E-state index contributed by atoms with van der Waals surface area (Å²) >= 11 is 0. The highest BCUT2D eigenvalue weighted by Gasteiger charge is 2.15. The van der Waals surface area contributed by atoms with Crippen LogP contribution in [0.5, 0.6) is 5.75 Å². The molecule has 1 N–H and O–H groups in total. The number of rotatable bonds is 4. The van der Waals surface area contributed by atoms with Crippen LogP contribution in [0.4, 0.5) is 0 Å². The van der Waals surface area contributed by atoms with Crippen molar-refractivity contribution in [1.82, 2.24) is 0 Å². The smallest absolute Gasteiger partial charge is 0.339 e. The minimum absolute atomic E-state index is 0.0423. The third kappa shape index (κ3) is 3.44. The SMILES string of the molecule is COC(=O)c1ccccc1S(=O)/N=C/c1c(O)ccc2ccccc12. The second-order valence-corrected chi connectivity index (χ2v) is 6.34. The lowest BCUT2D eigenvalue weighted by Gasteiger charge is -2.06. The number of esters is 1. The Kier molecular flexibility index (Phi) is 4.90. The molecule has 0 aliphatic rings. The molecule has 0 bridgehead atoms. The van der Waals surface area contributed by atoms with Gasteiger partial charge in [0.05, 0.1) is 17.6 Å². The van der Waals surface area contributed by atoms with Gasteiger partial charge < -0.3 is 9.84 Å². The number of carbonyl (C=O) groups is 1. The first kappa shape index (κ1) is 16.9. The van der Waals surface area contributed by atoms with Crippen LogP contribution in [0.1, 0.15) is 15.9 Å². The lowest BCUT2D eigenvalue weighted by atomic mass is 10.0. The van der Waals surface area contributed by atoms with Crippen LogP contribution < -0.4 is 0 Å². The number of phenolic OH excluding ortho intramolecular Hbond substituents is 1. The van der Waals surface area contributed by atoms with Crippen molar-refractivity contribution < 1.29 is 18.8 Å². The Morgan fingerprint density at radius 2 is 1.80 bits per heavy atom. The zero-order chi connectivity index (χ0) is 17.8. The Balaban J connectivity index is 2.00. The van der Waals surface area contributed by atoms with E-state index < -0.39 is 17.0 Å². The van der Waals surface area contributed by atoms with Crippen molar-refractivity contribution >= 4 is 33.9 Å². The summed E-state index contributed by atoms with van der Waals surface area (Å²) in [5, 5.41) is 11.8. The molecule has 0 heterocycles. The van der Waals surface area contributed by atoms with E-state index in [9.17, 15) is 14.1 Å². The van der Waals surface area contributed by atoms with Gasteiger partial charge >= 0.3 is 5.97 Å². The van der Waals surface area contributed by atoms with Crippen molar-refractivity contribution in [3.05, 3.63) is 71.8 Å². The van der Waals surface area contributed by atoms with Crippen LogP contribution in [-0.4, -0.2) is 28.6 Å². The van der Waals surface area contributed by atoms with Gasteiger partial charge in [0.25, 0.3) is 0 Å². The molecular formula is C19H15NO4S. The number of nitrogens with zero attached hydrogens (tertiary/aromatic N) is 1. The quantitative estimate of drug-likeness (QED) is 0.575. The van der Waals surface area contributed by atoms with Gasteiger partial charge in [-0.1, -0.05) is 42.5 Å². The Bertz CT molecular complexity index is 998. The molecule has 0 saturated carbocycles. The molecule has 1 atom stereocenters. The van der Waals surface area contributed by atoms with Gasteiger partial charge in [-0.05, 0) is 29.0 Å². The first-order valence-corrected chi connectivity index (χ1v) is 8.56. The van der Waals surface area contributed by atoms with Crippen LogP contribution in [0.3, 0.4) is 0 Å². The zero-order valence-electron chi connectivity index (χ0n) is 13.4. The van der Waals surface area contributed by atoms with Gasteiger partial charge in [-0.15, -0.1) is 0 Å². The minimum atomic E-state index is -1.81. The van der Waals surface area contributed by atoms with Gasteiger partial charge in [-0.2, -0.15) is 4.40 Å². The number of aromatic hydroxyl groups is 1. The van der Waals surface area contributed by atoms with Crippen molar-refractivity contribution in [2.45, 2.75) is 4.90 Å². The van der Waals surface area contributed by atoms with E-state index in [1.54, 1.807) is 30.3 Å². The van der Waals surface area contributed by atoms with Crippen LogP contribution in [0.2, 0.25) is 0 Å². The van der Waals surface area contributed by atoms with E-state index in [0.717, 1.165) is 10.8 Å². The van der Waals surface area contributed by atoms with Gasteiger partial charge in [-0.3, -0.25) is 0 Å². The normalized spacial score (nSPS) is 12.4. The zero-order valence-corrected chi connectivity index (χ0v) is 14.2. The number of hydrogen-bond acceptors (Lipinski definition) is 4. The average molecular weight is 353 g/mol. The monoisotopic (exact) mass is 353 g/mol. The fourth-order valence-corrected chi connectivity index (χ4v) is 3.32. The summed E-state index contributed by atoms with van der Waals surface area (Å²) in [6, 6.07) is 17.3. The second-order valence-electron chi connectivity index (χ2n) is 5.19. The maximum absolute atomic E-state index is 12.5. The summed E-state index contributed by atoms with van der Waals surface area (Å²) in [5.41, 5.74) is 0.671. The summed E-state index contributed by atoms with van der Waals surface area (Å²) in [6.45, 7) is 0. The molecule has 0 amide bonds. The minimum Gasteiger partial charge on any atom is -0.507 e. The fraction of sp³-hybridized carbons (Fsp3) is 0.0526. The van der Waals surface area contributed by atoms with E-state index >= 15 is 0 Å². The molecule has 3 aromatic carbocycles. The molecule has 0 fully saturated rings. The Labute approximate surface area is 147 Å². The van der Waals surface area contributed by atoms with E-state index in [2.05, 4.69) is 4.40 Å². The molecule has 6 heteroatoms. The molecule has 0 spiro atoms. The maximum Gasteiger partial charge on any atom is 0.339 e. The summed E-state index contributed by atoms with van der Waals surface area (Å²) in [6.07, 6.45) is 1.36. The van der Waals surface area contributed by atoms with Gasteiger partial charge in [0.1, 0.15) is 5.75 Å². The summed E-state index contributed by atoms with van der Waals surface area (Å²) < 4.78 is 21.3. The van der Waals surface area contributed by atoms with Crippen LogP contribution in [0.15, 0.2) is 70.0 Å². The first-order valence-electron chi connectivity index (χ1n) is 7.46. The Morgan fingerprint density at radius 1 is 1.08 bits per heavy atom. The molecule has 126 valence electrons. The topological polar surface area (TPSA) is 76.0 Å². The summed E-state index contributed by atoms with van der Waals surface area (Å²) in [7, 11) is -0.548. The molecule has 0 saturated heterocycles. The van der Waals surface area contributed by atoms with Gasteiger partial charge in [0.2, 0.25) is 0 Å². The van der Waals surface area contributed by atoms with Crippen molar-refractivity contribution in [1.29, 1.82) is 0 Å². The van der Waals surface area contributed by atoms with Gasteiger partial charge in [0, 0.05) is 11.8 Å². The van der Waals surface area contributed by atoms with Crippen LogP contribution >= 0.6 is 0 Å². The second kappa shape index (κ2) is 7.27. The highest BCUT2D eigenvalue weighted by atomic mass is 32.2. The van der Waals surface area contributed by atoms with Crippen molar-refractivity contribution in [2.75, 3.05) is 7.11 Å². The molecule has 3 aromatic rings. The molecule has 0 radical (unpaired) electrons. The predicted octanol–water partition coefficient (Wildman–Crippen LogP) is 3.47. The molecule has 25 heavy (non-hydrogen) atoms. The van der Waals surface area contributed by atoms with E-state index in [1.165, 1.54) is 19.4 Å². The van der Waals surface area contributed by atoms with E-state index in [1.807, 2.05) is 24.3 Å². The van der Waals surface area contributed by atoms with Gasteiger partial charge in [0.15, 0.2) is 11.0 Å². The number of benzene rings is 3. The third-order valence-corrected chi connectivity index (χ3v) is 4.73. The summed E-state index contributed by atoms with van der Waals surface area (Å²) in [4.78, 5) is 12.0. The molecule has 3 rings (SSSR count). The fourth-order valence-electron chi connectivity index (χ4n) is 2.47. The lowest BCUT2D eigenvalue weighted by Crippen LogP contribution is -2.06. The number of methoxy groups -OCH3 is 1. The number of ether oxygens (including phenoxy) is 1. The maximum atomic E-state index is 12.5. The number of phenols is 1. The van der Waals surface area contributed by atoms with E-state index in [-0.39, 0.29) is 16.2 Å². The number of hydrogen-bond donors (Lipinski definition) is 1. The molecule has 0 aliphatic heterocycles. The van der Waals surface area contributed by atoms with Crippen LogP contribution in [0.25, 0.3) is 10.8 Å². The summed E-state index contributed by atoms with van der Waals surface area (Å²) in [5.74, 6) is -0.534. The molecular weight excluding hydrogens is 338 g/mol. The Morgan fingerprint density at radius 3 is 2.60 bits per heavy atom. The Hall–Kier alpha value is -2.99. The number of carbonyl (C=O) groups excluding carboxylic acids is 1. The van der Waals surface area contributed by atoms with Gasteiger partial charge in [-0.25, -0.2) is 9.00 Å². The standard InChI is InChI=1S/C19H15NO4S/c1-24-19(22)15-8-4-5-9-18(15)25(23)20-12-16-14-7-3-2-6-13(14)10-11-17(16)21/h2-12,21H,1H3/b20-12+. The molecule has 0 aliphatic carbocycles. The number of fused-ring (bicyclic) bond motifs is 1. The highest BCUT2D eigenvalue weighted by molar-refractivity contribution is 7.84. The van der Waals surface area contributed by atoms with E-state index in [0.29, 0.717) is 5.56 Å². The molecule has 1 unspecified atom stereocenters. The molecule has 5 nitrogen and oxygen atoms in total. The first-order chi connectivity index (χ1) is 12.1. The van der Waals surface area contributed by atoms with Crippen molar-refractivity contribution in [2.24, 2.45) is 4.40 Å². The van der Waals surface area contributed by atoms with Crippen molar-refractivity contribution in [3.63, 3.8) is 0 Å². The lowest BCUT2D eigenvalue weighted by molar-refractivity contribution is 0.0596. The third-order valence-electron chi connectivity index (χ3n) is 3.71. The van der Waals surface area contributed by atoms with Crippen LogP contribution in [-0.2, 0) is 15.7 Å². The predicted molar refractivity (Wildman–Crippen MR) is 97.4 cm³/mol. The average Bonchev–Trinajstić information content (AvgIpc) is 2.66.